The Balaban J connectivity index is 1.71. The number of hydrogen-bond acceptors (Lipinski definition) is 2. The molecule has 0 spiro atoms. The van der Waals surface area contributed by atoms with Crippen molar-refractivity contribution >= 4 is 11.8 Å². The summed E-state index contributed by atoms with van der Waals surface area (Å²) >= 11 is 0. The first-order valence-corrected chi connectivity index (χ1v) is 6.22. The van der Waals surface area contributed by atoms with E-state index in [0.29, 0.717) is 19.1 Å². The van der Waals surface area contributed by atoms with Gasteiger partial charge in [0.05, 0.1) is 5.92 Å². The molecule has 2 rings (SSSR count). The van der Waals surface area contributed by atoms with Crippen molar-refractivity contribution < 1.29 is 9.59 Å². The molecule has 0 aromatic carbocycles. The SMILES string of the molecule is CC(=O)N1CC(C(=O)NC2CCCCC2)C1. The molecular formula is C12H20N2O2. The molecule has 1 N–H and O–H groups in total. The predicted molar refractivity (Wildman–Crippen MR) is 60.8 cm³/mol. The Labute approximate surface area is 96.4 Å². The van der Waals surface area contributed by atoms with Gasteiger partial charge in [-0.05, 0) is 12.8 Å². The fourth-order valence-corrected chi connectivity index (χ4v) is 2.47. The Morgan fingerprint density at radius 3 is 2.31 bits per heavy atom. The number of hydrogen-bond donors (Lipinski definition) is 1. The lowest BCUT2D eigenvalue weighted by Crippen LogP contribution is -2.56. The van der Waals surface area contributed by atoms with Crippen LogP contribution in [0.5, 0.6) is 0 Å². The van der Waals surface area contributed by atoms with E-state index >= 15 is 0 Å². The number of nitrogens with zero attached hydrogens (tertiary/aromatic N) is 1. The molecule has 4 heteroatoms. The Morgan fingerprint density at radius 1 is 1.12 bits per heavy atom. The van der Waals surface area contributed by atoms with Crippen molar-refractivity contribution in [1.29, 1.82) is 0 Å². The average Bonchev–Trinajstić information content (AvgIpc) is 2.15. The van der Waals surface area contributed by atoms with Crippen LogP contribution < -0.4 is 5.32 Å². The number of likely N-dealkylation sites (tertiary alicyclic amines) is 1. The normalized spacial score (nSPS) is 22.7. The summed E-state index contributed by atoms with van der Waals surface area (Å²) in [5.74, 6) is 0.247. The Morgan fingerprint density at radius 2 is 1.75 bits per heavy atom. The molecule has 1 aliphatic heterocycles. The molecule has 2 aliphatic rings. The van der Waals surface area contributed by atoms with E-state index in [4.69, 9.17) is 0 Å². The summed E-state index contributed by atoms with van der Waals surface area (Å²) < 4.78 is 0. The van der Waals surface area contributed by atoms with E-state index < -0.39 is 0 Å². The summed E-state index contributed by atoms with van der Waals surface area (Å²) in [5, 5.41) is 3.10. The zero-order valence-corrected chi connectivity index (χ0v) is 9.87. The van der Waals surface area contributed by atoms with Crippen molar-refractivity contribution in [3.8, 4) is 0 Å². The first-order valence-electron chi connectivity index (χ1n) is 6.22. The molecule has 2 fully saturated rings. The molecule has 0 aromatic heterocycles. The summed E-state index contributed by atoms with van der Waals surface area (Å²) in [6, 6.07) is 0.382. The molecule has 90 valence electrons. The highest BCUT2D eigenvalue weighted by molar-refractivity contribution is 5.83. The molecule has 0 atom stereocenters. The van der Waals surface area contributed by atoms with Gasteiger partial charge in [0, 0.05) is 26.1 Å². The molecule has 1 heterocycles. The number of amides is 2. The molecule has 1 saturated carbocycles. The topological polar surface area (TPSA) is 49.4 Å². The minimum atomic E-state index is 0.0332. The minimum absolute atomic E-state index is 0.0332. The van der Waals surface area contributed by atoms with Gasteiger partial charge in [-0.15, -0.1) is 0 Å². The van der Waals surface area contributed by atoms with Crippen LogP contribution in [0.25, 0.3) is 0 Å². The number of carbonyl (C=O) groups excluding carboxylic acids is 2. The van der Waals surface area contributed by atoms with E-state index in [-0.39, 0.29) is 17.7 Å². The lowest BCUT2D eigenvalue weighted by molar-refractivity contribution is -0.141. The van der Waals surface area contributed by atoms with Crippen molar-refractivity contribution in [2.24, 2.45) is 5.92 Å². The van der Waals surface area contributed by atoms with Crippen LogP contribution in [0.3, 0.4) is 0 Å². The van der Waals surface area contributed by atoms with Gasteiger partial charge in [-0.2, -0.15) is 0 Å². The van der Waals surface area contributed by atoms with E-state index in [2.05, 4.69) is 5.32 Å². The highest BCUT2D eigenvalue weighted by atomic mass is 16.2. The zero-order chi connectivity index (χ0) is 11.5. The second-order valence-electron chi connectivity index (χ2n) is 4.96. The van der Waals surface area contributed by atoms with Gasteiger partial charge >= 0.3 is 0 Å². The fraction of sp³-hybridized carbons (Fsp3) is 0.833. The van der Waals surface area contributed by atoms with Gasteiger partial charge in [-0.1, -0.05) is 19.3 Å². The molecular weight excluding hydrogens is 204 g/mol. The van der Waals surface area contributed by atoms with Crippen LogP contribution in [-0.2, 0) is 9.59 Å². The molecule has 2 amide bonds. The van der Waals surface area contributed by atoms with E-state index in [1.54, 1.807) is 11.8 Å². The Kier molecular flexibility index (Phi) is 3.46. The van der Waals surface area contributed by atoms with Gasteiger partial charge in [-0.3, -0.25) is 9.59 Å². The number of nitrogens with one attached hydrogen (secondary N) is 1. The predicted octanol–water partition coefficient (Wildman–Crippen LogP) is 0.914. The summed E-state index contributed by atoms with van der Waals surface area (Å²) in [4.78, 5) is 24.5. The lowest BCUT2D eigenvalue weighted by Gasteiger charge is -2.38. The maximum Gasteiger partial charge on any atom is 0.226 e. The van der Waals surface area contributed by atoms with Crippen LogP contribution in [0.4, 0.5) is 0 Å². The van der Waals surface area contributed by atoms with E-state index in [1.807, 2.05) is 0 Å². The standard InChI is InChI=1S/C12H20N2O2/c1-9(15)14-7-10(8-14)12(16)13-11-5-3-2-4-6-11/h10-11H,2-8H2,1H3,(H,13,16). The summed E-state index contributed by atoms with van der Waals surface area (Å²) in [6.45, 7) is 2.76. The van der Waals surface area contributed by atoms with Gasteiger partial charge in [0.2, 0.25) is 11.8 Å². The van der Waals surface area contributed by atoms with Crippen LogP contribution in [0.2, 0.25) is 0 Å². The maximum atomic E-state index is 11.8. The molecule has 0 bridgehead atoms. The van der Waals surface area contributed by atoms with Crippen molar-refractivity contribution in [3.63, 3.8) is 0 Å². The van der Waals surface area contributed by atoms with Gasteiger partial charge in [0.1, 0.15) is 0 Å². The van der Waals surface area contributed by atoms with Crippen molar-refractivity contribution in [2.75, 3.05) is 13.1 Å². The second-order valence-corrected chi connectivity index (χ2v) is 4.96. The maximum absolute atomic E-state index is 11.8. The van der Waals surface area contributed by atoms with E-state index in [0.717, 1.165) is 12.8 Å². The quantitative estimate of drug-likeness (QED) is 0.758. The highest BCUT2D eigenvalue weighted by Gasteiger charge is 2.34. The third-order valence-electron chi connectivity index (χ3n) is 3.65. The molecule has 0 radical (unpaired) electrons. The fourth-order valence-electron chi connectivity index (χ4n) is 2.47. The van der Waals surface area contributed by atoms with Crippen molar-refractivity contribution in [2.45, 2.75) is 45.1 Å². The van der Waals surface area contributed by atoms with Crippen LogP contribution in [0, 0.1) is 5.92 Å². The van der Waals surface area contributed by atoms with Crippen LogP contribution in [0.15, 0.2) is 0 Å². The first kappa shape index (κ1) is 11.4. The molecule has 1 aliphatic carbocycles. The first-order chi connectivity index (χ1) is 7.66. The average molecular weight is 224 g/mol. The van der Waals surface area contributed by atoms with Crippen molar-refractivity contribution in [1.82, 2.24) is 10.2 Å². The van der Waals surface area contributed by atoms with Gasteiger partial charge < -0.3 is 10.2 Å². The zero-order valence-electron chi connectivity index (χ0n) is 9.87. The van der Waals surface area contributed by atoms with Gasteiger partial charge in [0.15, 0.2) is 0 Å². The molecule has 1 saturated heterocycles. The van der Waals surface area contributed by atoms with Gasteiger partial charge in [-0.25, -0.2) is 0 Å². The van der Waals surface area contributed by atoms with Crippen molar-refractivity contribution in [3.05, 3.63) is 0 Å². The monoisotopic (exact) mass is 224 g/mol. The third kappa shape index (κ3) is 2.54. The van der Waals surface area contributed by atoms with Crippen LogP contribution in [0.1, 0.15) is 39.0 Å². The van der Waals surface area contributed by atoms with E-state index in [1.165, 1.54) is 19.3 Å². The Bertz CT molecular complexity index is 279. The minimum Gasteiger partial charge on any atom is -0.353 e. The van der Waals surface area contributed by atoms with Crippen LogP contribution in [-0.4, -0.2) is 35.8 Å². The Hall–Kier alpha value is -1.06. The number of carbonyl (C=O) groups is 2. The summed E-state index contributed by atoms with van der Waals surface area (Å²) in [6.07, 6.45) is 6.00. The van der Waals surface area contributed by atoms with Gasteiger partial charge in [0.25, 0.3) is 0 Å². The third-order valence-corrected chi connectivity index (χ3v) is 3.65. The summed E-state index contributed by atoms with van der Waals surface area (Å²) in [5.41, 5.74) is 0. The smallest absolute Gasteiger partial charge is 0.226 e. The van der Waals surface area contributed by atoms with E-state index in [9.17, 15) is 9.59 Å². The van der Waals surface area contributed by atoms with Crippen LogP contribution >= 0.6 is 0 Å². The second kappa shape index (κ2) is 4.85. The lowest BCUT2D eigenvalue weighted by atomic mass is 9.93. The summed E-state index contributed by atoms with van der Waals surface area (Å²) in [7, 11) is 0. The molecule has 16 heavy (non-hydrogen) atoms. The number of rotatable bonds is 2. The molecule has 4 nitrogen and oxygen atoms in total. The highest BCUT2D eigenvalue weighted by Crippen LogP contribution is 2.20. The molecule has 0 unspecified atom stereocenters. The largest absolute Gasteiger partial charge is 0.353 e. The molecule has 0 aromatic rings.